The van der Waals surface area contributed by atoms with E-state index in [-0.39, 0.29) is 39.6 Å². The summed E-state index contributed by atoms with van der Waals surface area (Å²) in [5, 5.41) is 56.4. The van der Waals surface area contributed by atoms with Crippen LogP contribution in [-0.2, 0) is 0 Å². The van der Waals surface area contributed by atoms with Crippen molar-refractivity contribution in [3.63, 3.8) is 0 Å². The Hall–Kier alpha value is 0.194. The highest BCUT2D eigenvalue weighted by Crippen LogP contribution is 2.38. The van der Waals surface area contributed by atoms with Crippen LogP contribution >= 0.6 is 0 Å². The van der Waals surface area contributed by atoms with E-state index in [1.165, 1.54) is 0 Å². The Morgan fingerprint density at radius 3 is 0.607 bits per heavy atom. The van der Waals surface area contributed by atoms with Crippen LogP contribution in [0.25, 0.3) is 0 Å². The second kappa shape index (κ2) is 18.0. The van der Waals surface area contributed by atoms with Gasteiger partial charge in [0.1, 0.15) is 0 Å². The van der Waals surface area contributed by atoms with Crippen LogP contribution in [0.2, 0.25) is 48.4 Å². The second-order valence-corrected chi connectivity index (χ2v) is 18.5. The maximum atomic E-state index is 9.41. The van der Waals surface area contributed by atoms with E-state index in [4.69, 9.17) is 0 Å². The summed E-state index contributed by atoms with van der Waals surface area (Å²) in [5.74, 6) is 0. The van der Waals surface area contributed by atoms with Crippen LogP contribution in [0.4, 0.5) is 0 Å². The van der Waals surface area contributed by atoms with E-state index < -0.39 is 16.1 Å². The molecule has 0 radical (unpaired) electrons. The van der Waals surface area contributed by atoms with Crippen molar-refractivity contribution in [2.75, 3.05) is 39.6 Å². The van der Waals surface area contributed by atoms with Crippen molar-refractivity contribution >= 4 is 16.1 Å². The van der Waals surface area contributed by atoms with Gasteiger partial charge in [-0.3, -0.25) is 0 Å². The maximum absolute atomic E-state index is 9.41. The molecule has 8 heteroatoms. The SMILES string of the molecule is OCCC[Si](CCCO)(CCCO)CC[Si](CCCO)(CCCO)CCCO. The van der Waals surface area contributed by atoms with Crippen molar-refractivity contribution in [3.8, 4) is 0 Å². The minimum Gasteiger partial charge on any atom is -0.396 e. The molecule has 0 unspecified atom stereocenters. The molecule has 0 aromatic heterocycles. The summed E-state index contributed by atoms with van der Waals surface area (Å²) < 4.78 is 0. The highest BCUT2D eigenvalue weighted by molar-refractivity contribution is 6.85. The molecule has 0 aromatic rings. The molecule has 0 aromatic carbocycles. The maximum Gasteiger partial charge on any atom is 0.0535 e. The summed E-state index contributed by atoms with van der Waals surface area (Å²) in [7, 11) is -3.44. The van der Waals surface area contributed by atoms with Gasteiger partial charge in [-0.15, -0.1) is 0 Å². The van der Waals surface area contributed by atoms with Gasteiger partial charge in [-0.25, -0.2) is 0 Å². The number of aliphatic hydroxyl groups excluding tert-OH is 6. The Balaban J connectivity index is 5.42. The van der Waals surface area contributed by atoms with Crippen LogP contribution in [-0.4, -0.2) is 86.4 Å². The molecular formula is C20H46O6Si2. The van der Waals surface area contributed by atoms with E-state index in [0.29, 0.717) is 0 Å². The molecule has 0 saturated heterocycles. The lowest BCUT2D eigenvalue weighted by Crippen LogP contribution is -2.41. The summed E-state index contributed by atoms with van der Waals surface area (Å²) in [6.07, 6.45) is 4.76. The number of hydrogen-bond donors (Lipinski definition) is 6. The molecule has 0 amide bonds. The van der Waals surface area contributed by atoms with Crippen molar-refractivity contribution in [2.45, 2.75) is 86.9 Å². The van der Waals surface area contributed by atoms with Gasteiger partial charge in [0.05, 0.1) is 16.1 Å². The molecule has 0 atom stereocenters. The first-order valence-corrected chi connectivity index (χ1v) is 16.9. The fourth-order valence-electron chi connectivity index (χ4n) is 4.75. The molecule has 6 nitrogen and oxygen atoms in total. The summed E-state index contributed by atoms with van der Waals surface area (Å²) in [6, 6.07) is 8.49. The van der Waals surface area contributed by atoms with Crippen molar-refractivity contribution < 1.29 is 30.6 Å². The van der Waals surface area contributed by atoms with Crippen LogP contribution < -0.4 is 0 Å². The first-order chi connectivity index (χ1) is 13.6. The Bertz CT molecular complexity index is 271. The van der Waals surface area contributed by atoms with Gasteiger partial charge in [0.25, 0.3) is 0 Å². The molecule has 0 aliphatic rings. The quantitative estimate of drug-likeness (QED) is 0.153. The van der Waals surface area contributed by atoms with Crippen LogP contribution in [0, 0.1) is 0 Å². The molecular weight excluding hydrogens is 392 g/mol. The van der Waals surface area contributed by atoms with Crippen LogP contribution in [0.5, 0.6) is 0 Å². The van der Waals surface area contributed by atoms with Crippen LogP contribution in [0.3, 0.4) is 0 Å². The molecule has 170 valence electrons. The third kappa shape index (κ3) is 12.0. The topological polar surface area (TPSA) is 121 Å². The van der Waals surface area contributed by atoms with Crippen LogP contribution in [0.1, 0.15) is 38.5 Å². The van der Waals surface area contributed by atoms with Gasteiger partial charge in [-0.05, 0) is 38.5 Å². The lowest BCUT2D eigenvalue weighted by Gasteiger charge is -2.38. The number of hydrogen-bond acceptors (Lipinski definition) is 6. The zero-order valence-corrected chi connectivity index (χ0v) is 19.8. The predicted molar refractivity (Wildman–Crippen MR) is 120 cm³/mol. The van der Waals surface area contributed by atoms with Gasteiger partial charge >= 0.3 is 0 Å². The first-order valence-electron chi connectivity index (χ1n) is 11.2. The van der Waals surface area contributed by atoms with E-state index in [0.717, 1.165) is 86.9 Å². The molecule has 28 heavy (non-hydrogen) atoms. The second-order valence-electron chi connectivity index (χ2n) is 8.46. The molecule has 0 fully saturated rings. The molecule has 0 bridgehead atoms. The number of rotatable bonds is 21. The fraction of sp³-hybridized carbons (Fsp3) is 1.00. The molecule has 0 aliphatic carbocycles. The summed E-state index contributed by atoms with van der Waals surface area (Å²) in [4.78, 5) is 0. The van der Waals surface area contributed by atoms with E-state index in [1.807, 2.05) is 0 Å². The van der Waals surface area contributed by atoms with Gasteiger partial charge in [0, 0.05) is 39.6 Å². The Morgan fingerprint density at radius 1 is 0.286 bits per heavy atom. The third-order valence-electron chi connectivity index (χ3n) is 6.38. The summed E-state index contributed by atoms with van der Waals surface area (Å²) in [6.45, 7) is 1.14. The van der Waals surface area contributed by atoms with Crippen molar-refractivity contribution in [2.24, 2.45) is 0 Å². The Kier molecular flexibility index (Phi) is 18.1. The average Bonchev–Trinajstić information content (AvgIpc) is 2.73. The van der Waals surface area contributed by atoms with E-state index >= 15 is 0 Å². The molecule has 0 heterocycles. The van der Waals surface area contributed by atoms with Gasteiger partial charge in [0.15, 0.2) is 0 Å². The Morgan fingerprint density at radius 2 is 0.464 bits per heavy atom. The van der Waals surface area contributed by atoms with Crippen LogP contribution in [0.15, 0.2) is 0 Å². The van der Waals surface area contributed by atoms with Crippen molar-refractivity contribution in [3.05, 3.63) is 0 Å². The van der Waals surface area contributed by atoms with Gasteiger partial charge in [-0.1, -0.05) is 48.4 Å². The van der Waals surface area contributed by atoms with Gasteiger partial charge in [-0.2, -0.15) is 0 Å². The minimum absolute atomic E-state index is 0.190. The minimum atomic E-state index is -1.72. The lowest BCUT2D eigenvalue weighted by molar-refractivity contribution is 0.287. The van der Waals surface area contributed by atoms with Gasteiger partial charge in [0.2, 0.25) is 0 Å². The molecule has 6 N–H and O–H groups in total. The fourth-order valence-corrected chi connectivity index (χ4v) is 17.4. The van der Waals surface area contributed by atoms with Crippen molar-refractivity contribution in [1.29, 1.82) is 0 Å². The molecule has 0 rings (SSSR count). The predicted octanol–water partition coefficient (Wildman–Crippen LogP) is 2.18. The summed E-state index contributed by atoms with van der Waals surface area (Å²) in [5.41, 5.74) is 0. The monoisotopic (exact) mass is 438 g/mol. The third-order valence-corrected chi connectivity index (χ3v) is 18.0. The molecule has 0 spiro atoms. The largest absolute Gasteiger partial charge is 0.396 e. The zero-order valence-electron chi connectivity index (χ0n) is 17.8. The molecule has 0 saturated carbocycles. The smallest absolute Gasteiger partial charge is 0.0535 e. The number of aliphatic hydroxyl groups is 6. The van der Waals surface area contributed by atoms with E-state index in [2.05, 4.69) is 0 Å². The average molecular weight is 439 g/mol. The molecule has 0 aliphatic heterocycles. The normalized spacial score (nSPS) is 12.6. The lowest BCUT2D eigenvalue weighted by atomic mass is 10.5. The van der Waals surface area contributed by atoms with Crippen molar-refractivity contribution in [1.82, 2.24) is 0 Å². The first kappa shape index (κ1) is 28.2. The highest BCUT2D eigenvalue weighted by Gasteiger charge is 2.37. The standard InChI is InChI=1S/C20H46O6Si2/c21-7-1-13-27(14-2-8-22,15-3-9-23)19-20-28(16-4-10-24,17-5-11-25)18-6-12-26/h21-26H,1-20H2. The van der Waals surface area contributed by atoms with E-state index in [9.17, 15) is 30.6 Å². The van der Waals surface area contributed by atoms with E-state index in [1.54, 1.807) is 0 Å². The zero-order chi connectivity index (χ0) is 21.1. The summed E-state index contributed by atoms with van der Waals surface area (Å²) >= 11 is 0. The Labute approximate surface area is 173 Å². The van der Waals surface area contributed by atoms with Gasteiger partial charge < -0.3 is 30.6 Å². The highest BCUT2D eigenvalue weighted by atomic mass is 28.3.